The lowest BCUT2D eigenvalue weighted by atomic mass is 10.1. The van der Waals surface area contributed by atoms with E-state index in [0.717, 1.165) is 36.2 Å². The molecule has 1 aromatic heterocycles. The molecule has 154 valence electrons. The third-order valence-electron chi connectivity index (χ3n) is 5.53. The smallest absolute Gasteiger partial charge is 0.243 e. The zero-order valence-electron chi connectivity index (χ0n) is 17.2. The second kappa shape index (κ2) is 8.71. The molecule has 7 nitrogen and oxygen atoms in total. The van der Waals surface area contributed by atoms with Crippen LogP contribution >= 0.6 is 0 Å². The van der Waals surface area contributed by atoms with Gasteiger partial charge in [-0.1, -0.05) is 24.6 Å². The molecule has 28 heavy (non-hydrogen) atoms. The van der Waals surface area contributed by atoms with Crippen LogP contribution in [0.2, 0.25) is 0 Å². The van der Waals surface area contributed by atoms with E-state index in [0.29, 0.717) is 37.0 Å². The molecule has 0 N–H and O–H groups in total. The van der Waals surface area contributed by atoms with Crippen LogP contribution in [0.4, 0.5) is 0 Å². The second-order valence-corrected chi connectivity index (χ2v) is 9.45. The van der Waals surface area contributed by atoms with Gasteiger partial charge in [0.25, 0.3) is 0 Å². The largest absolute Gasteiger partial charge is 0.338 e. The lowest BCUT2D eigenvalue weighted by Gasteiger charge is -2.36. The van der Waals surface area contributed by atoms with Crippen LogP contribution in [0.15, 0.2) is 27.6 Å². The van der Waals surface area contributed by atoms with Gasteiger partial charge >= 0.3 is 0 Å². The van der Waals surface area contributed by atoms with Crippen LogP contribution in [-0.2, 0) is 16.4 Å². The minimum atomic E-state index is -3.47. The number of aromatic nitrogens is 2. The average molecular weight is 407 g/mol. The summed E-state index contributed by atoms with van der Waals surface area (Å²) in [5.41, 5.74) is 2.08. The Morgan fingerprint density at radius 3 is 2.50 bits per heavy atom. The fourth-order valence-electron chi connectivity index (χ4n) is 3.38. The molecule has 0 saturated carbocycles. The maximum absolute atomic E-state index is 13.0. The monoisotopic (exact) mass is 406 g/mol. The Bertz CT molecular complexity index is 902. The number of hydrogen-bond donors (Lipinski definition) is 0. The van der Waals surface area contributed by atoms with Crippen molar-refractivity contribution in [3.8, 4) is 0 Å². The van der Waals surface area contributed by atoms with Crippen LogP contribution < -0.4 is 0 Å². The normalized spacial score (nSPS) is 17.7. The van der Waals surface area contributed by atoms with Gasteiger partial charge in [-0.25, -0.2) is 8.42 Å². The SMILES string of the molecule is CCCCc1noc(C(C)N2CCN(S(=O)(=O)c3ccc(C)c(C)c3)CC2)n1. The van der Waals surface area contributed by atoms with E-state index in [4.69, 9.17) is 4.52 Å². The molecule has 1 saturated heterocycles. The van der Waals surface area contributed by atoms with Crippen molar-refractivity contribution >= 4 is 10.0 Å². The lowest BCUT2D eigenvalue weighted by molar-refractivity contribution is 0.124. The number of unbranched alkanes of at least 4 members (excludes halogenated alkanes) is 1. The van der Waals surface area contributed by atoms with E-state index >= 15 is 0 Å². The fourth-order valence-corrected chi connectivity index (χ4v) is 4.89. The van der Waals surface area contributed by atoms with E-state index in [-0.39, 0.29) is 6.04 Å². The van der Waals surface area contributed by atoms with Crippen LogP contribution in [0.3, 0.4) is 0 Å². The molecule has 1 atom stereocenters. The average Bonchev–Trinajstić information content (AvgIpc) is 3.17. The summed E-state index contributed by atoms with van der Waals surface area (Å²) in [6.07, 6.45) is 2.97. The third kappa shape index (κ3) is 4.45. The zero-order chi connectivity index (χ0) is 20.3. The van der Waals surface area contributed by atoms with E-state index in [1.165, 1.54) is 0 Å². The first-order valence-corrected chi connectivity index (χ1v) is 11.4. The first-order chi connectivity index (χ1) is 13.3. The lowest BCUT2D eigenvalue weighted by Crippen LogP contribution is -2.49. The van der Waals surface area contributed by atoms with Gasteiger partial charge in [0.1, 0.15) is 0 Å². The highest BCUT2D eigenvalue weighted by molar-refractivity contribution is 7.89. The standard InChI is InChI=1S/C20H30N4O3S/c1-5-6-7-19-21-20(27-22-19)17(4)23-10-12-24(13-11-23)28(25,26)18-9-8-15(2)16(3)14-18/h8-9,14,17H,5-7,10-13H2,1-4H3. The van der Waals surface area contributed by atoms with Gasteiger partial charge in [0.05, 0.1) is 10.9 Å². The predicted molar refractivity (Wildman–Crippen MR) is 108 cm³/mol. The Morgan fingerprint density at radius 2 is 1.86 bits per heavy atom. The van der Waals surface area contributed by atoms with Gasteiger partial charge in [0, 0.05) is 32.6 Å². The molecule has 2 aromatic rings. The molecule has 1 aromatic carbocycles. The Kier molecular flexibility index (Phi) is 6.52. The van der Waals surface area contributed by atoms with Crippen molar-refractivity contribution in [3.63, 3.8) is 0 Å². The van der Waals surface area contributed by atoms with Gasteiger partial charge in [0.2, 0.25) is 15.9 Å². The van der Waals surface area contributed by atoms with Crippen LogP contribution in [0.25, 0.3) is 0 Å². The maximum atomic E-state index is 13.0. The van der Waals surface area contributed by atoms with Crippen molar-refractivity contribution in [1.29, 1.82) is 0 Å². The number of hydrogen-bond acceptors (Lipinski definition) is 6. The Morgan fingerprint density at radius 1 is 1.14 bits per heavy atom. The van der Waals surface area contributed by atoms with Crippen LogP contribution in [0.1, 0.15) is 55.6 Å². The molecular weight excluding hydrogens is 376 g/mol. The van der Waals surface area contributed by atoms with E-state index in [9.17, 15) is 8.42 Å². The van der Waals surface area contributed by atoms with E-state index < -0.39 is 10.0 Å². The molecule has 0 radical (unpaired) electrons. The highest BCUT2D eigenvalue weighted by Crippen LogP contribution is 2.24. The quantitative estimate of drug-likeness (QED) is 0.703. The van der Waals surface area contributed by atoms with Crippen molar-refractivity contribution in [1.82, 2.24) is 19.3 Å². The molecular formula is C20H30N4O3S. The van der Waals surface area contributed by atoms with Gasteiger partial charge in [-0.2, -0.15) is 9.29 Å². The van der Waals surface area contributed by atoms with Gasteiger partial charge in [-0.3, -0.25) is 4.90 Å². The molecule has 0 bridgehead atoms. The molecule has 0 amide bonds. The van der Waals surface area contributed by atoms with E-state index in [1.807, 2.05) is 26.8 Å². The third-order valence-corrected chi connectivity index (χ3v) is 7.43. The molecule has 1 unspecified atom stereocenters. The van der Waals surface area contributed by atoms with Crippen molar-refractivity contribution in [2.24, 2.45) is 0 Å². The predicted octanol–water partition coefficient (Wildman–Crippen LogP) is 3.10. The summed E-state index contributed by atoms with van der Waals surface area (Å²) in [5.74, 6) is 1.36. The summed E-state index contributed by atoms with van der Waals surface area (Å²) in [4.78, 5) is 7.07. The summed E-state index contributed by atoms with van der Waals surface area (Å²) >= 11 is 0. The Balaban J connectivity index is 1.63. The van der Waals surface area contributed by atoms with Crippen molar-refractivity contribution in [2.75, 3.05) is 26.2 Å². The molecule has 0 spiro atoms. The Hall–Kier alpha value is -1.77. The molecule has 1 fully saturated rings. The van der Waals surface area contributed by atoms with E-state index in [1.54, 1.807) is 16.4 Å². The van der Waals surface area contributed by atoms with Crippen LogP contribution in [0, 0.1) is 13.8 Å². The van der Waals surface area contributed by atoms with Gasteiger partial charge in [-0.15, -0.1) is 0 Å². The molecule has 1 aliphatic rings. The van der Waals surface area contributed by atoms with Crippen molar-refractivity contribution in [3.05, 3.63) is 41.0 Å². The number of benzene rings is 1. The summed E-state index contributed by atoms with van der Waals surface area (Å²) in [6.45, 7) is 10.3. The highest BCUT2D eigenvalue weighted by Gasteiger charge is 2.32. The summed E-state index contributed by atoms with van der Waals surface area (Å²) in [7, 11) is -3.47. The topological polar surface area (TPSA) is 79.5 Å². The first-order valence-electron chi connectivity index (χ1n) is 9.97. The van der Waals surface area contributed by atoms with Crippen molar-refractivity contribution in [2.45, 2.75) is 57.9 Å². The van der Waals surface area contributed by atoms with E-state index in [2.05, 4.69) is 22.0 Å². The summed E-state index contributed by atoms with van der Waals surface area (Å²) in [6, 6.07) is 5.31. The summed E-state index contributed by atoms with van der Waals surface area (Å²) in [5, 5.41) is 4.06. The van der Waals surface area contributed by atoms with Gasteiger partial charge < -0.3 is 4.52 Å². The number of piperazine rings is 1. The Labute approximate surface area is 167 Å². The molecule has 3 rings (SSSR count). The molecule has 0 aliphatic carbocycles. The maximum Gasteiger partial charge on any atom is 0.243 e. The first kappa shape index (κ1) is 21.0. The molecule has 8 heteroatoms. The van der Waals surface area contributed by atoms with Crippen molar-refractivity contribution < 1.29 is 12.9 Å². The number of sulfonamides is 1. The second-order valence-electron chi connectivity index (χ2n) is 7.51. The fraction of sp³-hybridized carbons (Fsp3) is 0.600. The van der Waals surface area contributed by atoms with Gasteiger partial charge in [0.15, 0.2) is 5.82 Å². The molecule has 1 aliphatic heterocycles. The van der Waals surface area contributed by atoms with Crippen LogP contribution in [0.5, 0.6) is 0 Å². The number of nitrogens with zero attached hydrogens (tertiary/aromatic N) is 4. The number of rotatable bonds is 7. The highest BCUT2D eigenvalue weighted by atomic mass is 32.2. The minimum absolute atomic E-state index is 0.0191. The molecule has 2 heterocycles. The van der Waals surface area contributed by atoms with Gasteiger partial charge in [-0.05, 0) is 50.5 Å². The zero-order valence-corrected chi connectivity index (χ0v) is 18.0. The van der Waals surface area contributed by atoms with Crippen LogP contribution in [-0.4, -0.2) is 53.9 Å². The summed E-state index contributed by atoms with van der Waals surface area (Å²) < 4.78 is 32.9. The minimum Gasteiger partial charge on any atom is -0.338 e. The number of aryl methyl sites for hydroxylation is 3.